The van der Waals surface area contributed by atoms with Gasteiger partial charge in [-0.25, -0.2) is 0 Å². The van der Waals surface area contributed by atoms with Crippen molar-refractivity contribution in [3.8, 4) is 11.5 Å². The third kappa shape index (κ3) is 4.74. The molecule has 2 aromatic rings. The fraction of sp³-hybridized carbons (Fsp3) is 0.292. The highest BCUT2D eigenvalue weighted by Gasteiger charge is 2.46. The van der Waals surface area contributed by atoms with E-state index in [0.717, 1.165) is 0 Å². The quantitative estimate of drug-likeness (QED) is 0.236. The number of benzene rings is 2. The molecule has 1 aliphatic rings. The number of carbonyl (C=O) groups is 3. The number of aliphatic hydroxyl groups is 1. The highest BCUT2D eigenvalue weighted by molar-refractivity contribution is 6.46. The van der Waals surface area contributed by atoms with Crippen LogP contribution in [-0.4, -0.2) is 51.5 Å². The lowest BCUT2D eigenvalue weighted by Crippen LogP contribution is -2.30. The van der Waals surface area contributed by atoms with E-state index in [4.69, 9.17) is 9.84 Å². The van der Waals surface area contributed by atoms with Crippen LogP contribution in [0.25, 0.3) is 5.76 Å². The van der Waals surface area contributed by atoms with E-state index in [2.05, 4.69) is 0 Å². The van der Waals surface area contributed by atoms with Crippen LogP contribution in [0.3, 0.4) is 0 Å². The molecule has 1 heterocycles. The van der Waals surface area contributed by atoms with Gasteiger partial charge in [-0.3, -0.25) is 14.4 Å². The van der Waals surface area contributed by atoms with Crippen LogP contribution < -0.4 is 4.74 Å². The third-order valence-electron chi connectivity index (χ3n) is 5.40. The van der Waals surface area contributed by atoms with Gasteiger partial charge in [0.2, 0.25) is 0 Å². The number of phenolic OH excluding ortho intramolecular Hbond substituents is 1. The Hall–Kier alpha value is -3.81. The fourth-order valence-corrected chi connectivity index (χ4v) is 3.81. The van der Waals surface area contributed by atoms with Gasteiger partial charge in [-0.05, 0) is 30.5 Å². The number of likely N-dealkylation sites (tertiary alicyclic amines) is 1. The number of unbranched alkanes of at least 4 members (excludes halogenated alkanes) is 2. The van der Waals surface area contributed by atoms with Gasteiger partial charge in [-0.15, -0.1) is 0 Å². The van der Waals surface area contributed by atoms with Crippen molar-refractivity contribution in [2.75, 3.05) is 13.7 Å². The third-order valence-corrected chi connectivity index (χ3v) is 5.40. The summed E-state index contributed by atoms with van der Waals surface area (Å²) in [5, 5.41) is 29.7. The van der Waals surface area contributed by atoms with Crippen molar-refractivity contribution in [3.63, 3.8) is 0 Å². The molecule has 1 atom stereocenters. The molecule has 0 spiro atoms. The maximum atomic E-state index is 12.9. The number of ether oxygens (including phenoxy) is 1. The Labute approximate surface area is 185 Å². The maximum Gasteiger partial charge on any atom is 0.303 e. The first kappa shape index (κ1) is 22.9. The second-order valence-corrected chi connectivity index (χ2v) is 7.49. The topological polar surface area (TPSA) is 124 Å². The molecule has 168 valence electrons. The minimum Gasteiger partial charge on any atom is -0.507 e. The van der Waals surface area contributed by atoms with Crippen LogP contribution >= 0.6 is 0 Å². The Morgan fingerprint density at radius 2 is 1.75 bits per heavy atom. The Bertz CT molecular complexity index is 1050. The Balaban J connectivity index is 2.01. The number of Topliss-reactive ketones (excluding diaryl/α,β-unsaturated/α-hetero) is 1. The molecular formula is C24H25NO7. The van der Waals surface area contributed by atoms with Crippen molar-refractivity contribution in [2.24, 2.45) is 0 Å². The van der Waals surface area contributed by atoms with Crippen molar-refractivity contribution in [3.05, 3.63) is 65.2 Å². The Kier molecular flexibility index (Phi) is 7.14. The van der Waals surface area contributed by atoms with E-state index in [9.17, 15) is 24.6 Å². The van der Waals surface area contributed by atoms with E-state index in [0.29, 0.717) is 30.4 Å². The van der Waals surface area contributed by atoms with E-state index < -0.39 is 23.7 Å². The maximum absolute atomic E-state index is 12.9. The van der Waals surface area contributed by atoms with Gasteiger partial charge in [-0.1, -0.05) is 42.8 Å². The standard InChI is InChI=1S/C24H25NO7/c1-32-18-14-16(11-12-17(18)26)21-20(22(29)15-8-4-2-5-9-15)23(30)24(31)25(21)13-7-3-6-10-19(27)28/h2,4-5,8-9,11-12,14,21,26,29H,3,6-7,10,13H2,1H3,(H,27,28)/t21-/m1/s1. The summed E-state index contributed by atoms with van der Waals surface area (Å²) in [6, 6.07) is 12.1. The first-order valence-corrected chi connectivity index (χ1v) is 10.3. The zero-order chi connectivity index (χ0) is 23.3. The lowest BCUT2D eigenvalue weighted by molar-refractivity contribution is -0.140. The van der Waals surface area contributed by atoms with Crippen LogP contribution in [0.5, 0.6) is 11.5 Å². The molecule has 0 aliphatic carbocycles. The largest absolute Gasteiger partial charge is 0.507 e. The van der Waals surface area contributed by atoms with Crippen LogP contribution in [0, 0.1) is 0 Å². The van der Waals surface area contributed by atoms with Crippen LogP contribution in [0.15, 0.2) is 54.1 Å². The van der Waals surface area contributed by atoms with Gasteiger partial charge in [0.15, 0.2) is 11.5 Å². The lowest BCUT2D eigenvalue weighted by Gasteiger charge is -2.25. The fourth-order valence-electron chi connectivity index (χ4n) is 3.81. The number of rotatable bonds is 9. The lowest BCUT2D eigenvalue weighted by atomic mass is 9.95. The molecule has 1 aliphatic heterocycles. The molecule has 32 heavy (non-hydrogen) atoms. The van der Waals surface area contributed by atoms with Crippen molar-refractivity contribution < 1.29 is 34.4 Å². The molecule has 8 nitrogen and oxygen atoms in total. The summed E-state index contributed by atoms with van der Waals surface area (Å²) in [4.78, 5) is 37.9. The van der Waals surface area contributed by atoms with E-state index >= 15 is 0 Å². The molecule has 0 radical (unpaired) electrons. The summed E-state index contributed by atoms with van der Waals surface area (Å²) < 4.78 is 5.18. The van der Waals surface area contributed by atoms with Gasteiger partial charge in [-0.2, -0.15) is 0 Å². The zero-order valence-corrected chi connectivity index (χ0v) is 17.7. The summed E-state index contributed by atoms with van der Waals surface area (Å²) in [5.41, 5.74) is 0.865. The first-order chi connectivity index (χ1) is 15.3. The monoisotopic (exact) mass is 439 g/mol. The average molecular weight is 439 g/mol. The summed E-state index contributed by atoms with van der Waals surface area (Å²) in [7, 11) is 1.39. The number of aliphatic hydroxyl groups excluding tert-OH is 1. The van der Waals surface area contributed by atoms with Gasteiger partial charge < -0.3 is 25.0 Å². The number of carboxylic acid groups (broad SMARTS) is 1. The van der Waals surface area contributed by atoms with Crippen molar-refractivity contribution in [1.29, 1.82) is 0 Å². The normalized spacial score (nSPS) is 17.5. The summed E-state index contributed by atoms with van der Waals surface area (Å²) in [6.45, 7) is 0.212. The number of aromatic hydroxyl groups is 1. The van der Waals surface area contributed by atoms with E-state index in [-0.39, 0.29) is 35.8 Å². The minimum absolute atomic E-state index is 0.0331. The van der Waals surface area contributed by atoms with Gasteiger partial charge in [0.05, 0.1) is 18.7 Å². The van der Waals surface area contributed by atoms with Gasteiger partial charge in [0.1, 0.15) is 5.76 Å². The Morgan fingerprint density at radius 1 is 1.03 bits per heavy atom. The second kappa shape index (κ2) is 10.00. The summed E-state index contributed by atoms with van der Waals surface area (Å²) >= 11 is 0. The first-order valence-electron chi connectivity index (χ1n) is 10.3. The number of hydrogen-bond donors (Lipinski definition) is 3. The highest BCUT2D eigenvalue weighted by Crippen LogP contribution is 2.41. The van der Waals surface area contributed by atoms with E-state index in [1.807, 2.05) is 0 Å². The molecule has 0 unspecified atom stereocenters. The van der Waals surface area contributed by atoms with Crippen LogP contribution in [-0.2, 0) is 14.4 Å². The molecule has 1 amide bonds. The van der Waals surface area contributed by atoms with Crippen molar-refractivity contribution >= 4 is 23.4 Å². The molecule has 2 aromatic carbocycles. The second-order valence-electron chi connectivity index (χ2n) is 7.49. The number of nitrogens with zero attached hydrogens (tertiary/aromatic N) is 1. The van der Waals surface area contributed by atoms with E-state index in [1.165, 1.54) is 24.1 Å². The number of methoxy groups -OCH3 is 1. The van der Waals surface area contributed by atoms with Crippen LogP contribution in [0.2, 0.25) is 0 Å². The SMILES string of the molecule is COc1cc([C@@H]2C(=C(O)c3ccccc3)C(=O)C(=O)N2CCCCCC(=O)O)ccc1O. The van der Waals surface area contributed by atoms with Gasteiger partial charge in [0.25, 0.3) is 11.7 Å². The highest BCUT2D eigenvalue weighted by atomic mass is 16.5. The van der Waals surface area contributed by atoms with Gasteiger partial charge >= 0.3 is 5.97 Å². The Morgan fingerprint density at radius 3 is 2.41 bits per heavy atom. The van der Waals surface area contributed by atoms with Crippen molar-refractivity contribution in [2.45, 2.75) is 31.7 Å². The number of aliphatic carboxylic acids is 1. The zero-order valence-electron chi connectivity index (χ0n) is 17.7. The molecule has 3 N–H and O–H groups in total. The summed E-state index contributed by atoms with van der Waals surface area (Å²) in [5.74, 6) is -2.62. The van der Waals surface area contributed by atoms with Crippen LogP contribution in [0.4, 0.5) is 0 Å². The van der Waals surface area contributed by atoms with E-state index in [1.54, 1.807) is 36.4 Å². The number of ketones is 1. The smallest absolute Gasteiger partial charge is 0.303 e. The molecule has 1 fully saturated rings. The van der Waals surface area contributed by atoms with Crippen molar-refractivity contribution in [1.82, 2.24) is 4.90 Å². The number of amides is 1. The molecule has 0 bridgehead atoms. The number of carbonyl (C=O) groups excluding carboxylic acids is 2. The molecular weight excluding hydrogens is 414 g/mol. The number of carboxylic acids is 1. The molecule has 1 saturated heterocycles. The van der Waals surface area contributed by atoms with Crippen LogP contribution in [0.1, 0.15) is 42.9 Å². The number of hydrogen-bond acceptors (Lipinski definition) is 6. The minimum atomic E-state index is -0.885. The molecule has 8 heteroatoms. The summed E-state index contributed by atoms with van der Waals surface area (Å²) in [6.07, 6.45) is 1.56. The number of phenols is 1. The molecule has 3 rings (SSSR count). The molecule has 0 saturated carbocycles. The predicted molar refractivity (Wildman–Crippen MR) is 116 cm³/mol. The average Bonchev–Trinajstić information content (AvgIpc) is 3.04. The predicted octanol–water partition coefficient (Wildman–Crippen LogP) is 3.47. The van der Waals surface area contributed by atoms with Gasteiger partial charge in [0, 0.05) is 18.5 Å². The molecule has 0 aromatic heterocycles.